The highest BCUT2D eigenvalue weighted by Gasteiger charge is 2.22. The summed E-state index contributed by atoms with van der Waals surface area (Å²) in [5, 5.41) is 6.58. The Morgan fingerprint density at radius 2 is 1.88 bits per heavy atom. The molecule has 1 heterocycles. The van der Waals surface area contributed by atoms with Crippen molar-refractivity contribution >= 4 is 12.1 Å². The molecule has 32 heavy (non-hydrogen) atoms. The van der Waals surface area contributed by atoms with Gasteiger partial charge in [-0.2, -0.15) is 0 Å². The Labute approximate surface area is 191 Å². The molecule has 2 rings (SSSR count). The number of amides is 1. The maximum atomic E-state index is 12.7. The number of carbonyl (C=O) groups is 1. The molecule has 0 aliphatic rings. The van der Waals surface area contributed by atoms with Gasteiger partial charge in [-0.05, 0) is 56.5 Å². The number of ether oxygens (including phenoxy) is 2. The lowest BCUT2D eigenvalue weighted by molar-refractivity contribution is 0.0232. The van der Waals surface area contributed by atoms with Crippen molar-refractivity contribution in [3.05, 3.63) is 59.9 Å². The Morgan fingerprint density at radius 3 is 2.47 bits per heavy atom. The highest BCUT2D eigenvalue weighted by molar-refractivity contribution is 5.79. The van der Waals surface area contributed by atoms with E-state index in [1.54, 1.807) is 31.5 Å². The van der Waals surface area contributed by atoms with Gasteiger partial charge in [0.05, 0.1) is 13.7 Å². The van der Waals surface area contributed by atoms with E-state index in [2.05, 4.69) is 20.6 Å². The summed E-state index contributed by atoms with van der Waals surface area (Å²) in [5.74, 6) is 1.54. The van der Waals surface area contributed by atoms with Crippen LogP contribution in [-0.2, 0) is 17.8 Å². The Morgan fingerprint density at radius 1 is 1.12 bits per heavy atom. The molecule has 2 N–H and O–H groups in total. The van der Waals surface area contributed by atoms with Crippen LogP contribution in [0.2, 0.25) is 0 Å². The van der Waals surface area contributed by atoms with Gasteiger partial charge < -0.3 is 25.0 Å². The molecule has 8 heteroatoms. The zero-order valence-electron chi connectivity index (χ0n) is 19.7. The molecule has 0 unspecified atom stereocenters. The first-order valence-electron chi connectivity index (χ1n) is 10.7. The highest BCUT2D eigenvalue weighted by Crippen LogP contribution is 2.13. The molecule has 0 saturated carbocycles. The quantitative estimate of drug-likeness (QED) is 0.351. The zero-order valence-corrected chi connectivity index (χ0v) is 19.7. The number of nitrogens with one attached hydrogen (secondary N) is 2. The first-order valence-corrected chi connectivity index (χ1v) is 10.7. The van der Waals surface area contributed by atoms with Gasteiger partial charge in [-0.3, -0.25) is 9.98 Å². The third-order valence-corrected chi connectivity index (χ3v) is 4.49. The van der Waals surface area contributed by atoms with Gasteiger partial charge in [0.25, 0.3) is 0 Å². The Kier molecular flexibility index (Phi) is 9.78. The maximum Gasteiger partial charge on any atom is 0.410 e. The van der Waals surface area contributed by atoms with E-state index >= 15 is 0 Å². The molecular formula is C24H35N5O3. The standard InChI is InChI=1S/C24H35N5O3/c1-24(2,3)32-23(30)29(18-20-8-6-13-26-16-20)15-7-14-27-22(25-4)28-17-19-9-11-21(31-5)12-10-19/h6,8-13,16H,7,14-15,17-18H2,1-5H3,(H2,25,27,28). The average molecular weight is 442 g/mol. The molecule has 1 amide bonds. The van der Waals surface area contributed by atoms with Crippen LogP contribution >= 0.6 is 0 Å². The third-order valence-electron chi connectivity index (χ3n) is 4.49. The van der Waals surface area contributed by atoms with Crippen LogP contribution in [0.1, 0.15) is 38.3 Å². The first-order chi connectivity index (χ1) is 15.3. The van der Waals surface area contributed by atoms with Gasteiger partial charge in [0.1, 0.15) is 11.4 Å². The van der Waals surface area contributed by atoms with Crippen molar-refractivity contribution in [2.24, 2.45) is 4.99 Å². The maximum absolute atomic E-state index is 12.7. The zero-order chi connectivity index (χ0) is 23.4. The summed E-state index contributed by atoms with van der Waals surface area (Å²) in [4.78, 5) is 22.8. The molecule has 0 spiro atoms. The van der Waals surface area contributed by atoms with Gasteiger partial charge in [0, 0.05) is 39.1 Å². The second-order valence-corrected chi connectivity index (χ2v) is 8.32. The molecule has 0 aliphatic heterocycles. The largest absolute Gasteiger partial charge is 0.497 e. The van der Waals surface area contributed by atoms with Crippen molar-refractivity contribution in [3.8, 4) is 5.75 Å². The van der Waals surface area contributed by atoms with Crippen molar-refractivity contribution in [2.75, 3.05) is 27.2 Å². The molecule has 0 fully saturated rings. The van der Waals surface area contributed by atoms with E-state index in [0.29, 0.717) is 32.1 Å². The van der Waals surface area contributed by atoms with Crippen LogP contribution in [0, 0.1) is 0 Å². The molecule has 1 aromatic carbocycles. The minimum Gasteiger partial charge on any atom is -0.497 e. The van der Waals surface area contributed by atoms with Crippen LogP contribution in [0.15, 0.2) is 53.8 Å². The van der Waals surface area contributed by atoms with Crippen LogP contribution in [-0.4, -0.2) is 54.8 Å². The van der Waals surface area contributed by atoms with Crippen LogP contribution in [0.5, 0.6) is 5.75 Å². The lowest BCUT2D eigenvalue weighted by Gasteiger charge is -2.27. The lowest BCUT2D eigenvalue weighted by Crippen LogP contribution is -2.40. The molecule has 2 aromatic rings. The van der Waals surface area contributed by atoms with E-state index in [1.165, 1.54) is 0 Å². The summed E-state index contributed by atoms with van der Waals surface area (Å²) >= 11 is 0. The molecule has 8 nitrogen and oxygen atoms in total. The minimum atomic E-state index is -0.546. The summed E-state index contributed by atoms with van der Waals surface area (Å²) in [5.41, 5.74) is 1.54. The van der Waals surface area contributed by atoms with E-state index in [1.807, 2.05) is 57.2 Å². The van der Waals surface area contributed by atoms with Gasteiger partial charge in [0.15, 0.2) is 5.96 Å². The molecule has 174 valence electrons. The van der Waals surface area contributed by atoms with Crippen molar-refractivity contribution in [3.63, 3.8) is 0 Å². The summed E-state index contributed by atoms with van der Waals surface area (Å²) in [6, 6.07) is 11.7. The van der Waals surface area contributed by atoms with Crippen molar-refractivity contribution in [2.45, 2.75) is 45.9 Å². The third kappa shape index (κ3) is 9.24. The summed E-state index contributed by atoms with van der Waals surface area (Å²) in [6.45, 7) is 7.91. The van der Waals surface area contributed by atoms with E-state index in [-0.39, 0.29) is 6.09 Å². The van der Waals surface area contributed by atoms with Crippen LogP contribution in [0.3, 0.4) is 0 Å². The van der Waals surface area contributed by atoms with Gasteiger partial charge >= 0.3 is 6.09 Å². The Balaban J connectivity index is 1.83. The monoisotopic (exact) mass is 441 g/mol. The van der Waals surface area contributed by atoms with E-state index in [9.17, 15) is 4.79 Å². The first kappa shape index (κ1) is 25.0. The van der Waals surface area contributed by atoms with Crippen LogP contribution < -0.4 is 15.4 Å². The number of benzene rings is 1. The lowest BCUT2D eigenvalue weighted by atomic mass is 10.2. The van der Waals surface area contributed by atoms with Gasteiger partial charge in [0.2, 0.25) is 0 Å². The number of guanidine groups is 1. The second kappa shape index (κ2) is 12.5. The molecule has 0 saturated heterocycles. The topological polar surface area (TPSA) is 88.1 Å². The summed E-state index contributed by atoms with van der Waals surface area (Å²) in [6.07, 6.45) is 3.89. The fourth-order valence-electron chi connectivity index (χ4n) is 2.90. The van der Waals surface area contributed by atoms with Gasteiger partial charge in [-0.15, -0.1) is 0 Å². The molecular weight excluding hydrogens is 406 g/mol. The fourth-order valence-corrected chi connectivity index (χ4v) is 2.90. The number of hydrogen-bond acceptors (Lipinski definition) is 5. The molecule has 0 bridgehead atoms. The minimum absolute atomic E-state index is 0.330. The number of rotatable bonds is 9. The SMILES string of the molecule is CN=C(NCCCN(Cc1cccnc1)C(=O)OC(C)(C)C)NCc1ccc(OC)cc1. The van der Waals surface area contributed by atoms with E-state index in [4.69, 9.17) is 9.47 Å². The molecule has 1 aromatic heterocycles. The normalized spacial score (nSPS) is 11.6. The molecule has 0 aliphatic carbocycles. The summed E-state index contributed by atoms with van der Waals surface area (Å²) < 4.78 is 10.8. The number of aromatic nitrogens is 1. The predicted molar refractivity (Wildman–Crippen MR) is 127 cm³/mol. The van der Waals surface area contributed by atoms with Crippen molar-refractivity contribution in [1.29, 1.82) is 0 Å². The molecule has 0 atom stereocenters. The van der Waals surface area contributed by atoms with E-state index < -0.39 is 5.60 Å². The van der Waals surface area contributed by atoms with Crippen LogP contribution in [0.4, 0.5) is 4.79 Å². The second-order valence-electron chi connectivity index (χ2n) is 8.32. The Hall–Kier alpha value is -3.29. The van der Waals surface area contributed by atoms with Crippen molar-refractivity contribution < 1.29 is 14.3 Å². The number of carbonyl (C=O) groups excluding carboxylic acids is 1. The molecule has 0 radical (unpaired) electrons. The Bertz CT molecular complexity index is 848. The fraction of sp³-hybridized carbons (Fsp3) is 0.458. The van der Waals surface area contributed by atoms with Crippen molar-refractivity contribution in [1.82, 2.24) is 20.5 Å². The van der Waals surface area contributed by atoms with Gasteiger partial charge in [-0.1, -0.05) is 18.2 Å². The smallest absolute Gasteiger partial charge is 0.410 e. The number of aliphatic imine (C=N–C) groups is 1. The average Bonchev–Trinajstić information content (AvgIpc) is 2.77. The number of nitrogens with zero attached hydrogens (tertiary/aromatic N) is 3. The highest BCUT2D eigenvalue weighted by atomic mass is 16.6. The number of hydrogen-bond donors (Lipinski definition) is 2. The van der Waals surface area contributed by atoms with E-state index in [0.717, 1.165) is 23.3 Å². The predicted octanol–water partition coefficient (Wildman–Crippen LogP) is 3.58. The number of methoxy groups -OCH3 is 1. The number of pyridine rings is 1. The summed E-state index contributed by atoms with van der Waals surface area (Å²) in [7, 11) is 3.39. The van der Waals surface area contributed by atoms with Gasteiger partial charge in [-0.25, -0.2) is 4.79 Å². The van der Waals surface area contributed by atoms with Crippen LogP contribution in [0.25, 0.3) is 0 Å².